The molecule has 3 heterocycles. The summed E-state index contributed by atoms with van der Waals surface area (Å²) in [5.41, 5.74) is 7.03. The van der Waals surface area contributed by atoms with Crippen LogP contribution in [0.15, 0.2) is 27.8 Å². The van der Waals surface area contributed by atoms with E-state index in [-0.39, 0.29) is 35.3 Å². The van der Waals surface area contributed by atoms with Gasteiger partial charge in [0.1, 0.15) is 6.10 Å². The van der Waals surface area contributed by atoms with Crippen molar-refractivity contribution in [1.82, 2.24) is 29.7 Å². The Labute approximate surface area is 256 Å². The number of imidazole rings is 1. The molecule has 44 heavy (non-hydrogen) atoms. The van der Waals surface area contributed by atoms with E-state index in [0.29, 0.717) is 55.1 Å². The number of ether oxygens (including phenoxy) is 2. The van der Waals surface area contributed by atoms with Gasteiger partial charge in [-0.15, -0.1) is 0 Å². The van der Waals surface area contributed by atoms with Gasteiger partial charge in [0, 0.05) is 32.1 Å². The highest BCUT2D eigenvalue weighted by atomic mass is 16.5. The fraction of sp³-hybridized carbons (Fsp3) is 0.625. The van der Waals surface area contributed by atoms with Crippen LogP contribution in [0.4, 0.5) is 10.7 Å². The topological polar surface area (TPSA) is 158 Å². The Kier molecular flexibility index (Phi) is 8.86. The summed E-state index contributed by atoms with van der Waals surface area (Å²) in [6, 6.07) is 6.03. The van der Waals surface area contributed by atoms with E-state index in [1.807, 2.05) is 6.07 Å². The normalized spacial score (nSPS) is 19.6. The Balaban J connectivity index is 0.000000158. The zero-order chi connectivity index (χ0) is 30.8. The second-order valence-corrected chi connectivity index (χ2v) is 12.8. The molecule has 3 aliphatic carbocycles. The lowest BCUT2D eigenvalue weighted by molar-refractivity contribution is 0.127. The summed E-state index contributed by atoms with van der Waals surface area (Å²) in [7, 11) is 1.68. The van der Waals surface area contributed by atoms with Crippen LogP contribution in [0.2, 0.25) is 0 Å². The van der Waals surface area contributed by atoms with Gasteiger partial charge >= 0.3 is 11.7 Å². The molecule has 7 rings (SSSR count). The number of nitrogen functional groups attached to an aromatic ring is 1. The van der Waals surface area contributed by atoms with Gasteiger partial charge in [-0.1, -0.05) is 25.8 Å². The predicted molar refractivity (Wildman–Crippen MR) is 168 cm³/mol. The van der Waals surface area contributed by atoms with Crippen LogP contribution in [-0.2, 0) is 13.1 Å². The average molecular weight is 608 g/mol. The minimum absolute atomic E-state index is 0.0940. The maximum Gasteiger partial charge on any atom is 0.332 e. The number of nitrogens with one attached hydrogen (secondary N) is 3. The van der Waals surface area contributed by atoms with Crippen LogP contribution in [-0.4, -0.2) is 51.4 Å². The largest absolute Gasteiger partial charge is 0.493 e. The number of nitrogens with zero attached hydrogens (tertiary/aromatic N) is 3. The molecule has 1 aliphatic heterocycles. The van der Waals surface area contributed by atoms with Gasteiger partial charge < -0.3 is 30.8 Å². The number of urea groups is 1. The molecule has 2 aromatic heterocycles. The first-order valence-corrected chi connectivity index (χ1v) is 16.2. The van der Waals surface area contributed by atoms with Crippen molar-refractivity contribution in [1.29, 1.82) is 0 Å². The number of nitrogens with two attached hydrogens (primary N) is 1. The fourth-order valence-electron chi connectivity index (χ4n) is 6.47. The van der Waals surface area contributed by atoms with Gasteiger partial charge in [0.25, 0.3) is 5.56 Å². The van der Waals surface area contributed by atoms with E-state index in [2.05, 4.69) is 39.7 Å². The van der Waals surface area contributed by atoms with Gasteiger partial charge in [-0.25, -0.2) is 9.59 Å². The molecule has 1 unspecified atom stereocenters. The Morgan fingerprint density at radius 1 is 0.955 bits per heavy atom. The second kappa shape index (κ2) is 13.0. The van der Waals surface area contributed by atoms with Crippen LogP contribution in [0, 0.1) is 17.8 Å². The molecule has 238 valence electrons. The summed E-state index contributed by atoms with van der Waals surface area (Å²) in [6.07, 6.45) is 10.9. The number of hydrogen-bond donors (Lipinski definition) is 4. The molecule has 1 saturated heterocycles. The first-order chi connectivity index (χ1) is 21.3. The van der Waals surface area contributed by atoms with E-state index >= 15 is 0 Å². The molecule has 12 nitrogen and oxygen atoms in total. The molecular formula is C32H45N7O5. The van der Waals surface area contributed by atoms with Crippen LogP contribution in [0.5, 0.6) is 11.5 Å². The highest BCUT2D eigenvalue weighted by molar-refractivity contribution is 5.75. The van der Waals surface area contributed by atoms with Crippen molar-refractivity contribution in [3.8, 4) is 11.5 Å². The average Bonchev–Trinajstić information content (AvgIpc) is 3.94. The summed E-state index contributed by atoms with van der Waals surface area (Å²) in [4.78, 5) is 43.2. The van der Waals surface area contributed by atoms with Gasteiger partial charge in [-0.3, -0.25) is 13.9 Å². The highest BCUT2D eigenvalue weighted by Crippen LogP contribution is 2.37. The van der Waals surface area contributed by atoms with Crippen molar-refractivity contribution in [3.05, 3.63) is 44.6 Å². The molecule has 0 spiro atoms. The third kappa shape index (κ3) is 6.73. The molecule has 5 N–H and O–H groups in total. The lowest BCUT2D eigenvalue weighted by Gasteiger charge is -2.27. The van der Waals surface area contributed by atoms with Crippen molar-refractivity contribution in [3.63, 3.8) is 0 Å². The molecule has 2 amide bonds. The van der Waals surface area contributed by atoms with E-state index in [9.17, 15) is 14.4 Å². The lowest BCUT2D eigenvalue weighted by atomic mass is 9.96. The summed E-state index contributed by atoms with van der Waals surface area (Å²) in [5, 5.41) is 5.71. The number of fused-ring (bicyclic) bond motifs is 1. The molecule has 3 saturated carbocycles. The zero-order valence-electron chi connectivity index (χ0n) is 25.8. The number of hydrogen-bond acceptors (Lipinski definition) is 7. The van der Waals surface area contributed by atoms with Crippen molar-refractivity contribution in [2.75, 3.05) is 25.9 Å². The number of H-pyrrole nitrogens is 1. The van der Waals surface area contributed by atoms with E-state index < -0.39 is 0 Å². The number of amides is 2. The summed E-state index contributed by atoms with van der Waals surface area (Å²) < 4.78 is 14.9. The third-order valence-corrected chi connectivity index (χ3v) is 9.44. The number of aromatic amines is 1. The molecule has 0 radical (unpaired) electrons. The maximum absolute atomic E-state index is 12.6. The van der Waals surface area contributed by atoms with Crippen molar-refractivity contribution < 1.29 is 14.3 Å². The van der Waals surface area contributed by atoms with Crippen LogP contribution >= 0.6 is 0 Å². The standard InChI is InChI=1S/C19H28N2O3.C13H17N5O2/c1-3-16(13-6-4-5-7-13)24-18-10-14(8-9-17(18)23-2)15-11-20-19(22)21-12-15;14-12-15-9-10(16-12)17(5-7-1-2-7)13(20)18(11(9)19)6-8-3-4-8/h8-10,13,15-16H,3-7,11-12H2,1-2H3,(H2,20,21,22);7-8H,1-6H2,(H3,14,15,16). The molecule has 3 aromatic rings. The van der Waals surface area contributed by atoms with E-state index in [1.165, 1.54) is 35.8 Å². The number of rotatable bonds is 10. The van der Waals surface area contributed by atoms with Gasteiger partial charge in [0.2, 0.25) is 0 Å². The maximum atomic E-state index is 12.6. The van der Waals surface area contributed by atoms with Gasteiger partial charge in [-0.2, -0.15) is 4.98 Å². The highest BCUT2D eigenvalue weighted by Gasteiger charge is 2.29. The number of carbonyl (C=O) groups is 1. The van der Waals surface area contributed by atoms with Crippen LogP contribution < -0.4 is 37.1 Å². The number of aromatic nitrogens is 4. The molecular weight excluding hydrogens is 562 g/mol. The van der Waals surface area contributed by atoms with Crippen molar-refractivity contribution in [2.24, 2.45) is 17.8 Å². The van der Waals surface area contributed by atoms with Gasteiger partial charge in [0.15, 0.2) is 28.6 Å². The Morgan fingerprint density at radius 2 is 1.61 bits per heavy atom. The number of methoxy groups -OCH3 is 1. The number of anilines is 1. The van der Waals surface area contributed by atoms with E-state index in [1.54, 1.807) is 11.7 Å². The minimum atomic E-state index is -0.298. The summed E-state index contributed by atoms with van der Waals surface area (Å²) in [5.74, 6) is 3.69. The minimum Gasteiger partial charge on any atom is -0.493 e. The first kappa shape index (κ1) is 30.1. The lowest BCUT2D eigenvalue weighted by Crippen LogP contribution is -2.47. The Hall–Kier alpha value is -3.96. The summed E-state index contributed by atoms with van der Waals surface area (Å²) >= 11 is 0. The zero-order valence-corrected chi connectivity index (χ0v) is 25.8. The monoisotopic (exact) mass is 607 g/mol. The second-order valence-electron chi connectivity index (χ2n) is 12.8. The van der Waals surface area contributed by atoms with E-state index in [4.69, 9.17) is 15.2 Å². The third-order valence-electron chi connectivity index (χ3n) is 9.44. The number of benzene rings is 1. The van der Waals surface area contributed by atoms with Gasteiger partial charge in [0.05, 0.1) is 7.11 Å². The first-order valence-electron chi connectivity index (χ1n) is 16.2. The SMILES string of the molecule is CCC(Oc1cc(C2CNC(=O)NC2)ccc1OC)C1CCCC1.Nc1nc2c([nH]1)c(=O)n(CC1CC1)c(=O)n2CC1CC1. The molecule has 4 aliphatic rings. The molecule has 12 heteroatoms. The molecule has 4 fully saturated rings. The Morgan fingerprint density at radius 3 is 2.23 bits per heavy atom. The van der Waals surface area contributed by atoms with Crippen molar-refractivity contribution >= 4 is 23.1 Å². The van der Waals surface area contributed by atoms with Crippen LogP contribution in [0.25, 0.3) is 11.2 Å². The van der Waals surface area contributed by atoms with Crippen LogP contribution in [0.1, 0.15) is 76.2 Å². The molecule has 1 atom stereocenters. The van der Waals surface area contributed by atoms with Crippen LogP contribution in [0.3, 0.4) is 0 Å². The quantitative estimate of drug-likeness (QED) is 0.273. The summed E-state index contributed by atoms with van der Waals surface area (Å²) in [6.45, 7) is 4.64. The van der Waals surface area contributed by atoms with Gasteiger partial charge in [-0.05, 0) is 80.4 Å². The smallest absolute Gasteiger partial charge is 0.332 e. The predicted octanol–water partition coefficient (Wildman–Crippen LogP) is 3.73. The fourth-order valence-corrected chi connectivity index (χ4v) is 6.47. The van der Waals surface area contributed by atoms with Crippen molar-refractivity contribution in [2.45, 2.75) is 89.8 Å². The molecule has 0 bridgehead atoms. The molecule has 1 aromatic carbocycles. The number of carbonyl (C=O) groups excluding carboxylic acids is 1. The van der Waals surface area contributed by atoms with E-state index in [0.717, 1.165) is 43.6 Å². The Bertz CT molecular complexity index is 1590.